The Kier molecular flexibility index (Phi) is 7.15. The molecule has 1 aromatic heterocycles. The van der Waals surface area contributed by atoms with Crippen LogP contribution >= 0.6 is 11.3 Å². The van der Waals surface area contributed by atoms with Gasteiger partial charge in [-0.3, -0.25) is 14.5 Å². The second-order valence-corrected chi connectivity index (χ2v) is 9.20. The van der Waals surface area contributed by atoms with Crippen LogP contribution in [0.2, 0.25) is 0 Å². The standard InChI is InChI=1S/C25H26FN3O3S/c1-16-23(33-17(2)28-16)25(31)29(20-12-10-19(26)11-13-20)22(18-7-4-3-5-8-18)24(30)27-15-21-9-6-14-32-21/h3-5,7-8,10-13,21-22H,6,9,14-15H2,1-2H3,(H,27,30)/t21-,22-/m0/s1. The summed E-state index contributed by atoms with van der Waals surface area (Å²) in [6.07, 6.45) is 1.81. The predicted octanol–water partition coefficient (Wildman–Crippen LogP) is 4.58. The highest BCUT2D eigenvalue weighted by molar-refractivity contribution is 7.13. The van der Waals surface area contributed by atoms with Crippen LogP contribution in [0.5, 0.6) is 0 Å². The van der Waals surface area contributed by atoms with Gasteiger partial charge in [0, 0.05) is 18.8 Å². The highest BCUT2D eigenvalue weighted by Gasteiger charge is 2.35. The van der Waals surface area contributed by atoms with Crippen LogP contribution in [-0.2, 0) is 9.53 Å². The number of aryl methyl sites for hydroxylation is 2. The van der Waals surface area contributed by atoms with E-state index in [4.69, 9.17) is 4.74 Å². The molecule has 0 saturated carbocycles. The van der Waals surface area contributed by atoms with Gasteiger partial charge in [0.25, 0.3) is 5.91 Å². The minimum Gasteiger partial charge on any atom is -0.376 e. The van der Waals surface area contributed by atoms with Crippen molar-refractivity contribution in [3.63, 3.8) is 0 Å². The summed E-state index contributed by atoms with van der Waals surface area (Å²) in [6.45, 7) is 4.66. The van der Waals surface area contributed by atoms with Gasteiger partial charge in [0.1, 0.15) is 16.7 Å². The van der Waals surface area contributed by atoms with Crippen LogP contribution in [0.3, 0.4) is 0 Å². The number of carbonyl (C=O) groups is 2. The average Bonchev–Trinajstić information content (AvgIpc) is 3.45. The van der Waals surface area contributed by atoms with Crippen molar-refractivity contribution in [2.45, 2.75) is 38.8 Å². The van der Waals surface area contributed by atoms with Gasteiger partial charge in [-0.2, -0.15) is 0 Å². The SMILES string of the molecule is Cc1nc(C)c(C(=O)N(c2ccc(F)cc2)[C@H](C(=O)NC[C@@H]2CCCO2)c2ccccc2)s1. The Hall–Kier alpha value is -3.10. The normalized spacial score (nSPS) is 16.4. The average molecular weight is 468 g/mol. The van der Waals surface area contributed by atoms with E-state index in [1.807, 2.05) is 37.3 Å². The molecule has 172 valence electrons. The molecular weight excluding hydrogens is 441 g/mol. The summed E-state index contributed by atoms with van der Waals surface area (Å²) in [5, 5.41) is 3.73. The first kappa shape index (κ1) is 23.1. The number of ether oxygens (including phenoxy) is 1. The summed E-state index contributed by atoms with van der Waals surface area (Å²) in [5.41, 5.74) is 1.67. The minimum atomic E-state index is -0.952. The quantitative estimate of drug-likeness (QED) is 0.552. The number of aromatic nitrogens is 1. The number of nitrogens with zero attached hydrogens (tertiary/aromatic N) is 2. The van der Waals surface area contributed by atoms with Crippen molar-refractivity contribution in [1.29, 1.82) is 0 Å². The van der Waals surface area contributed by atoms with Gasteiger partial charge in [0.15, 0.2) is 0 Å². The second kappa shape index (κ2) is 10.2. The third-order valence-electron chi connectivity index (χ3n) is 5.57. The summed E-state index contributed by atoms with van der Waals surface area (Å²) >= 11 is 1.28. The highest BCUT2D eigenvalue weighted by Crippen LogP contribution is 2.32. The Bertz CT molecular complexity index is 1110. The molecule has 0 spiro atoms. The monoisotopic (exact) mass is 467 g/mol. The molecule has 1 aliphatic heterocycles. The van der Waals surface area contributed by atoms with Crippen LogP contribution < -0.4 is 10.2 Å². The number of halogens is 1. The van der Waals surface area contributed by atoms with Crippen molar-refractivity contribution in [2.24, 2.45) is 0 Å². The molecule has 4 rings (SSSR count). The molecule has 0 aliphatic carbocycles. The Morgan fingerprint density at radius 1 is 1.18 bits per heavy atom. The van der Waals surface area contributed by atoms with Crippen LogP contribution in [0.15, 0.2) is 54.6 Å². The Balaban J connectivity index is 1.76. The molecular formula is C25H26FN3O3S. The number of benzene rings is 2. The van der Waals surface area contributed by atoms with Crippen molar-refractivity contribution in [3.05, 3.63) is 81.6 Å². The van der Waals surface area contributed by atoms with Crippen molar-refractivity contribution < 1.29 is 18.7 Å². The fraction of sp³-hybridized carbons (Fsp3) is 0.320. The molecule has 2 atom stereocenters. The van der Waals surface area contributed by atoms with Crippen molar-refractivity contribution in [3.8, 4) is 0 Å². The molecule has 2 aromatic carbocycles. The first-order valence-electron chi connectivity index (χ1n) is 10.9. The number of hydrogen-bond donors (Lipinski definition) is 1. The van der Waals surface area contributed by atoms with E-state index in [-0.39, 0.29) is 17.9 Å². The molecule has 0 unspecified atom stereocenters. The van der Waals surface area contributed by atoms with Gasteiger partial charge >= 0.3 is 0 Å². The summed E-state index contributed by atoms with van der Waals surface area (Å²) in [5.74, 6) is -1.10. The van der Waals surface area contributed by atoms with E-state index >= 15 is 0 Å². The molecule has 8 heteroatoms. The third kappa shape index (κ3) is 5.29. The van der Waals surface area contributed by atoms with E-state index in [1.165, 1.54) is 40.5 Å². The molecule has 1 fully saturated rings. The minimum absolute atomic E-state index is 0.0354. The molecule has 0 bridgehead atoms. The van der Waals surface area contributed by atoms with E-state index < -0.39 is 11.9 Å². The van der Waals surface area contributed by atoms with Gasteiger partial charge in [-0.15, -0.1) is 11.3 Å². The van der Waals surface area contributed by atoms with Gasteiger partial charge in [0.05, 0.1) is 16.8 Å². The Labute approximate surface area is 196 Å². The van der Waals surface area contributed by atoms with Crippen molar-refractivity contribution >= 4 is 28.8 Å². The lowest BCUT2D eigenvalue weighted by Crippen LogP contribution is -2.45. The smallest absolute Gasteiger partial charge is 0.271 e. The summed E-state index contributed by atoms with van der Waals surface area (Å²) in [7, 11) is 0. The molecule has 33 heavy (non-hydrogen) atoms. The lowest BCUT2D eigenvalue weighted by atomic mass is 10.0. The molecule has 6 nitrogen and oxygen atoms in total. The van der Waals surface area contributed by atoms with Crippen molar-refractivity contribution in [2.75, 3.05) is 18.1 Å². The lowest BCUT2D eigenvalue weighted by molar-refractivity contribution is -0.123. The molecule has 1 aliphatic rings. The van der Waals surface area contributed by atoms with Crippen LogP contribution in [0.1, 0.15) is 44.8 Å². The Morgan fingerprint density at radius 2 is 1.91 bits per heavy atom. The first-order chi connectivity index (χ1) is 15.9. The molecule has 0 radical (unpaired) electrons. The summed E-state index contributed by atoms with van der Waals surface area (Å²) in [6, 6.07) is 13.8. The predicted molar refractivity (Wildman–Crippen MR) is 126 cm³/mol. The number of rotatable bonds is 7. The van der Waals surface area contributed by atoms with E-state index in [1.54, 1.807) is 6.92 Å². The molecule has 3 aromatic rings. The molecule has 1 N–H and O–H groups in total. The summed E-state index contributed by atoms with van der Waals surface area (Å²) < 4.78 is 19.4. The number of thiazole rings is 1. The Morgan fingerprint density at radius 3 is 2.52 bits per heavy atom. The fourth-order valence-electron chi connectivity index (χ4n) is 3.99. The lowest BCUT2D eigenvalue weighted by Gasteiger charge is -2.31. The number of amides is 2. The highest BCUT2D eigenvalue weighted by atomic mass is 32.1. The second-order valence-electron chi connectivity index (χ2n) is 7.99. The van der Waals surface area contributed by atoms with E-state index in [0.717, 1.165) is 17.8 Å². The van der Waals surface area contributed by atoms with Gasteiger partial charge in [0.2, 0.25) is 5.91 Å². The zero-order valence-corrected chi connectivity index (χ0v) is 19.4. The number of anilines is 1. The van der Waals surface area contributed by atoms with Gasteiger partial charge in [-0.05, 0) is 56.5 Å². The third-order valence-corrected chi connectivity index (χ3v) is 6.63. The zero-order chi connectivity index (χ0) is 23.4. The maximum absolute atomic E-state index is 13.8. The van der Waals surface area contributed by atoms with Gasteiger partial charge < -0.3 is 10.1 Å². The number of hydrogen-bond acceptors (Lipinski definition) is 5. The first-order valence-corrected chi connectivity index (χ1v) is 11.7. The maximum atomic E-state index is 13.8. The van der Waals surface area contributed by atoms with E-state index in [9.17, 15) is 14.0 Å². The number of nitrogens with one attached hydrogen (secondary N) is 1. The molecule has 2 heterocycles. The number of carbonyl (C=O) groups excluding carboxylic acids is 2. The molecule has 1 saturated heterocycles. The summed E-state index contributed by atoms with van der Waals surface area (Å²) in [4.78, 5) is 33.7. The fourth-order valence-corrected chi connectivity index (χ4v) is 4.85. The topological polar surface area (TPSA) is 71.5 Å². The van der Waals surface area contributed by atoms with Crippen molar-refractivity contribution in [1.82, 2.24) is 10.3 Å². The van der Waals surface area contributed by atoms with Crippen LogP contribution in [-0.4, -0.2) is 36.1 Å². The van der Waals surface area contributed by atoms with Crippen LogP contribution in [0.4, 0.5) is 10.1 Å². The van der Waals surface area contributed by atoms with Gasteiger partial charge in [-0.25, -0.2) is 9.37 Å². The largest absolute Gasteiger partial charge is 0.376 e. The van der Waals surface area contributed by atoms with Crippen LogP contribution in [0.25, 0.3) is 0 Å². The zero-order valence-electron chi connectivity index (χ0n) is 18.6. The maximum Gasteiger partial charge on any atom is 0.271 e. The van der Waals surface area contributed by atoms with Crippen LogP contribution in [0, 0.1) is 19.7 Å². The molecule has 2 amide bonds. The van der Waals surface area contributed by atoms with E-state index in [2.05, 4.69) is 10.3 Å². The van der Waals surface area contributed by atoms with Gasteiger partial charge in [-0.1, -0.05) is 30.3 Å². The van der Waals surface area contributed by atoms with E-state index in [0.29, 0.717) is 35.0 Å².